The van der Waals surface area contributed by atoms with Crippen LogP contribution in [0.1, 0.15) is 16.7 Å². The number of hydrogen-bond acceptors (Lipinski definition) is 3. The van der Waals surface area contributed by atoms with Crippen LogP contribution in [0, 0.1) is 20.8 Å². The van der Waals surface area contributed by atoms with Crippen LogP contribution >= 0.6 is 0 Å². The fourth-order valence-electron chi connectivity index (χ4n) is 16.1. The molecule has 0 bridgehead atoms. The summed E-state index contributed by atoms with van der Waals surface area (Å²) in [5, 5.41) is 7.05. The molecule has 6 heterocycles. The van der Waals surface area contributed by atoms with Crippen LogP contribution in [-0.2, 0) is 0 Å². The second-order valence-corrected chi connectivity index (χ2v) is 26.8. The van der Waals surface area contributed by atoms with E-state index in [0.717, 1.165) is 167 Å². The molecular formula is C96H66N6. The second-order valence-electron chi connectivity index (χ2n) is 26.8. The molecule has 0 fully saturated rings. The standard InChI is InChI=1S/C96H66N6/c1-61-49-64(88-34-19-22-46-97-88)40-43-73(61)82-58-94-85(76-31-13-16-37-91(76)100(94)70-25-7-4-8-26-70)55-79(82)67-52-68(80-56-86-77-32-14-17-38-92(77)101(71-27-9-5-10-28-71)95(86)59-83(80)74-44-41-65(50-62(74)2)89-35-20-23-47-98-89)54-69(53-67)81-57-87-78-33-15-18-39-93(78)102(72-29-11-6-12-30-72)96(87)60-84(81)75-45-42-66(51-63(75)3)90-36-21-24-48-99-90/h4-60H,1-3H3. The number of fused-ring (bicyclic) bond motifs is 9. The zero-order chi connectivity index (χ0) is 67.9. The van der Waals surface area contributed by atoms with E-state index in [1.165, 1.54) is 32.3 Å². The number of pyridine rings is 3. The van der Waals surface area contributed by atoms with Gasteiger partial charge in [-0.05, 0) is 268 Å². The van der Waals surface area contributed by atoms with Gasteiger partial charge in [0.1, 0.15) is 0 Å². The molecule has 19 rings (SSSR count). The van der Waals surface area contributed by atoms with Crippen molar-refractivity contribution in [1.82, 2.24) is 28.7 Å². The molecule has 0 unspecified atom stereocenters. The Kier molecular flexibility index (Phi) is 14.5. The highest BCUT2D eigenvalue weighted by Crippen LogP contribution is 2.50. The summed E-state index contributed by atoms with van der Waals surface area (Å²) in [4.78, 5) is 14.5. The summed E-state index contributed by atoms with van der Waals surface area (Å²) in [6.45, 7) is 6.77. The minimum absolute atomic E-state index is 0.937. The van der Waals surface area contributed by atoms with Crippen LogP contribution in [-0.4, -0.2) is 28.7 Å². The number of aromatic nitrogens is 6. The van der Waals surface area contributed by atoms with E-state index < -0.39 is 0 Å². The lowest BCUT2D eigenvalue weighted by Gasteiger charge is -2.21. The van der Waals surface area contributed by atoms with E-state index in [9.17, 15) is 0 Å². The Bertz CT molecular complexity index is 5850. The molecule has 102 heavy (non-hydrogen) atoms. The molecule has 0 atom stereocenters. The predicted octanol–water partition coefficient (Wildman–Crippen LogP) is 25.1. The molecule has 480 valence electrons. The molecule has 13 aromatic carbocycles. The monoisotopic (exact) mass is 1300 g/mol. The molecule has 0 N–H and O–H groups in total. The topological polar surface area (TPSA) is 53.5 Å². The van der Waals surface area contributed by atoms with Gasteiger partial charge in [0, 0.05) is 84.7 Å². The highest BCUT2D eigenvalue weighted by Gasteiger charge is 2.26. The van der Waals surface area contributed by atoms with Crippen molar-refractivity contribution >= 4 is 65.4 Å². The Morgan fingerprint density at radius 3 is 0.735 bits per heavy atom. The summed E-state index contributed by atoms with van der Waals surface area (Å²) in [6.07, 6.45) is 5.64. The van der Waals surface area contributed by atoms with Crippen LogP contribution in [0.4, 0.5) is 0 Å². The Hall–Kier alpha value is -13.3. The molecule has 0 aliphatic heterocycles. The van der Waals surface area contributed by atoms with E-state index in [0.29, 0.717) is 0 Å². The molecule has 0 aliphatic rings. The van der Waals surface area contributed by atoms with Gasteiger partial charge in [-0.3, -0.25) is 15.0 Å². The largest absolute Gasteiger partial charge is 0.309 e. The summed E-state index contributed by atoms with van der Waals surface area (Å²) >= 11 is 0. The minimum atomic E-state index is 0.937. The number of nitrogens with zero attached hydrogens (tertiary/aromatic N) is 6. The van der Waals surface area contributed by atoms with E-state index in [4.69, 9.17) is 15.0 Å². The van der Waals surface area contributed by atoms with E-state index >= 15 is 0 Å². The molecule has 6 heteroatoms. The van der Waals surface area contributed by atoms with Gasteiger partial charge >= 0.3 is 0 Å². The van der Waals surface area contributed by atoms with Gasteiger partial charge in [0.2, 0.25) is 0 Å². The van der Waals surface area contributed by atoms with Crippen molar-refractivity contribution in [3.05, 3.63) is 363 Å². The fourth-order valence-corrected chi connectivity index (χ4v) is 16.1. The Balaban J connectivity index is 0.962. The van der Waals surface area contributed by atoms with E-state index in [1.807, 2.05) is 36.8 Å². The molecule has 19 aromatic rings. The molecule has 6 aromatic heterocycles. The summed E-state index contributed by atoms with van der Waals surface area (Å²) in [5.41, 5.74) is 33.0. The number of para-hydroxylation sites is 6. The van der Waals surface area contributed by atoms with E-state index in [1.54, 1.807) is 0 Å². The molecule has 0 spiro atoms. The van der Waals surface area contributed by atoms with Crippen molar-refractivity contribution in [2.24, 2.45) is 0 Å². The van der Waals surface area contributed by atoms with Crippen LogP contribution in [0.25, 0.3) is 183 Å². The number of hydrogen-bond donors (Lipinski definition) is 0. The third-order valence-corrected chi connectivity index (χ3v) is 20.8. The summed E-state index contributed by atoms with van der Waals surface area (Å²) in [5.74, 6) is 0. The second kappa shape index (κ2) is 24.6. The number of benzene rings is 13. The van der Waals surface area contributed by atoms with Gasteiger partial charge in [-0.25, -0.2) is 0 Å². The summed E-state index contributed by atoms with van der Waals surface area (Å²) in [6, 6.07) is 121. The summed E-state index contributed by atoms with van der Waals surface area (Å²) < 4.78 is 7.34. The first-order chi connectivity index (χ1) is 50.3. The maximum absolute atomic E-state index is 4.84. The maximum atomic E-state index is 4.84. The van der Waals surface area contributed by atoms with Crippen LogP contribution in [0.5, 0.6) is 0 Å². The maximum Gasteiger partial charge on any atom is 0.0702 e. The molecule has 0 aliphatic carbocycles. The molecule has 0 saturated heterocycles. The van der Waals surface area contributed by atoms with Crippen LogP contribution in [0.2, 0.25) is 0 Å². The van der Waals surface area contributed by atoms with Crippen LogP contribution < -0.4 is 0 Å². The first-order valence-corrected chi connectivity index (χ1v) is 34.9. The third-order valence-electron chi connectivity index (χ3n) is 20.8. The van der Waals surface area contributed by atoms with Gasteiger partial charge in [-0.15, -0.1) is 0 Å². The first-order valence-electron chi connectivity index (χ1n) is 34.9. The highest BCUT2D eigenvalue weighted by molar-refractivity contribution is 6.17. The van der Waals surface area contributed by atoms with Gasteiger partial charge in [0.25, 0.3) is 0 Å². The third kappa shape index (κ3) is 10.1. The van der Waals surface area contributed by atoms with E-state index in [-0.39, 0.29) is 0 Å². The average Bonchev–Trinajstić information content (AvgIpc) is 1.59. The van der Waals surface area contributed by atoms with Crippen LogP contribution in [0.15, 0.2) is 346 Å². The van der Waals surface area contributed by atoms with Gasteiger partial charge in [-0.1, -0.05) is 164 Å². The molecule has 0 amide bonds. The average molecular weight is 1300 g/mol. The zero-order valence-electron chi connectivity index (χ0n) is 56.6. The zero-order valence-corrected chi connectivity index (χ0v) is 56.6. The van der Waals surface area contributed by atoms with Crippen molar-refractivity contribution in [1.29, 1.82) is 0 Å². The van der Waals surface area contributed by atoms with Crippen molar-refractivity contribution in [2.45, 2.75) is 20.8 Å². The van der Waals surface area contributed by atoms with Gasteiger partial charge in [0.05, 0.1) is 50.2 Å². The summed E-state index contributed by atoms with van der Waals surface area (Å²) in [7, 11) is 0. The fraction of sp³-hybridized carbons (Fsp3) is 0.0312. The van der Waals surface area contributed by atoms with E-state index in [2.05, 4.69) is 344 Å². The van der Waals surface area contributed by atoms with Gasteiger partial charge in [-0.2, -0.15) is 0 Å². The van der Waals surface area contributed by atoms with Gasteiger partial charge < -0.3 is 13.7 Å². The quantitative estimate of drug-likeness (QED) is 0.122. The minimum Gasteiger partial charge on any atom is -0.309 e. The highest BCUT2D eigenvalue weighted by atomic mass is 15.0. The normalized spacial score (nSPS) is 11.7. The van der Waals surface area contributed by atoms with Gasteiger partial charge in [0.15, 0.2) is 0 Å². The van der Waals surface area contributed by atoms with Crippen molar-refractivity contribution in [3.63, 3.8) is 0 Å². The number of rotatable bonds is 12. The smallest absolute Gasteiger partial charge is 0.0702 e. The van der Waals surface area contributed by atoms with Crippen molar-refractivity contribution in [3.8, 4) is 118 Å². The SMILES string of the molecule is Cc1cc(-c2ccccn2)ccc1-c1cc2c(cc1-c1cc(-c3cc4c5ccccc5n(-c5ccccc5)c4cc3-c3ccc(-c4ccccn4)cc3C)cc(-c3cc4c5ccccc5n(-c5ccccc5)c4cc3-c3ccc(-c4ccccn4)cc3C)c1)c1ccccc1n2-c1ccccc1. The van der Waals surface area contributed by atoms with Crippen molar-refractivity contribution < 1.29 is 0 Å². The Morgan fingerprint density at radius 2 is 0.461 bits per heavy atom. The van der Waals surface area contributed by atoms with Crippen molar-refractivity contribution in [2.75, 3.05) is 0 Å². The molecule has 0 radical (unpaired) electrons. The van der Waals surface area contributed by atoms with Crippen LogP contribution in [0.3, 0.4) is 0 Å². The molecule has 0 saturated carbocycles. The Labute approximate surface area is 591 Å². The first kappa shape index (κ1) is 59.9. The number of aryl methyl sites for hydroxylation is 3. The lowest BCUT2D eigenvalue weighted by molar-refractivity contribution is 1.18. The molecule has 6 nitrogen and oxygen atoms in total. The predicted molar refractivity (Wildman–Crippen MR) is 426 cm³/mol. The Morgan fingerprint density at radius 1 is 0.186 bits per heavy atom. The molecular weight excluding hydrogens is 1240 g/mol. The lowest BCUT2D eigenvalue weighted by atomic mass is 9.83. The lowest BCUT2D eigenvalue weighted by Crippen LogP contribution is -1.97.